The van der Waals surface area contributed by atoms with E-state index in [1.54, 1.807) is 11.8 Å². The number of carboxylic acid groups (broad SMARTS) is 1. The van der Waals surface area contributed by atoms with Crippen molar-refractivity contribution in [1.29, 1.82) is 0 Å². The van der Waals surface area contributed by atoms with Gasteiger partial charge in [0.25, 0.3) is 5.56 Å². The number of phosphoric acid groups is 1. The third-order valence-electron chi connectivity index (χ3n) is 4.42. The number of phosphoric ester groups is 1. The summed E-state index contributed by atoms with van der Waals surface area (Å²) in [6.45, 7) is -0.651. The number of hydrogen-bond donors (Lipinski definition) is 8. The molecule has 186 valence electrons. The van der Waals surface area contributed by atoms with Gasteiger partial charge in [-0.25, -0.2) is 9.55 Å². The fourth-order valence-electron chi connectivity index (χ4n) is 2.76. The normalized spacial score (nSPS) is 23.8. The van der Waals surface area contributed by atoms with Gasteiger partial charge in [0.15, 0.2) is 17.4 Å². The second-order valence-electron chi connectivity index (χ2n) is 6.83. The number of aliphatic hydroxyl groups excluding tert-OH is 2. The predicted octanol–water partition coefficient (Wildman–Crippen LogP) is -2.42. The van der Waals surface area contributed by atoms with E-state index in [1.165, 1.54) is 10.9 Å². The SMILES string of the molecule is CSCCC(N)C(=O)O.Nc1nc2c(ncn2[C@@H]2O[C@H](COP(=O)(O)O)[C@@H](O)[C@H]2O)c(=O)[nH]1. The van der Waals surface area contributed by atoms with E-state index in [4.69, 9.17) is 31.1 Å². The summed E-state index contributed by atoms with van der Waals surface area (Å²) in [7, 11) is -4.76. The fraction of sp³-hybridized carbons (Fsp3) is 0.600. The molecule has 2 aromatic rings. The average Bonchev–Trinajstić information content (AvgIpc) is 3.26. The first-order valence-corrected chi connectivity index (χ1v) is 12.2. The minimum absolute atomic E-state index is 0.0176. The zero-order chi connectivity index (χ0) is 24.9. The van der Waals surface area contributed by atoms with Crippen LogP contribution in [-0.4, -0.2) is 93.6 Å². The molecular weight excluding hydrogens is 487 g/mol. The van der Waals surface area contributed by atoms with Crippen molar-refractivity contribution in [3.05, 3.63) is 16.7 Å². The molecule has 0 saturated carbocycles. The van der Waals surface area contributed by atoms with Gasteiger partial charge in [-0.15, -0.1) is 0 Å². The molecule has 0 aromatic carbocycles. The Balaban J connectivity index is 0.000000365. The molecule has 10 N–H and O–H groups in total. The molecule has 18 heteroatoms. The van der Waals surface area contributed by atoms with Crippen molar-refractivity contribution < 1.29 is 43.7 Å². The van der Waals surface area contributed by atoms with Crippen LogP contribution in [0.4, 0.5) is 5.95 Å². The number of aliphatic carboxylic acids is 1. The van der Waals surface area contributed by atoms with E-state index in [-0.39, 0.29) is 17.1 Å². The summed E-state index contributed by atoms with van der Waals surface area (Å²) in [5.41, 5.74) is 10.0. The Morgan fingerprint density at radius 3 is 2.67 bits per heavy atom. The number of nitrogens with one attached hydrogen (secondary N) is 1. The van der Waals surface area contributed by atoms with Crippen molar-refractivity contribution in [3.63, 3.8) is 0 Å². The van der Waals surface area contributed by atoms with Gasteiger partial charge in [-0.1, -0.05) is 0 Å². The van der Waals surface area contributed by atoms with Gasteiger partial charge in [-0.05, 0) is 18.4 Å². The molecule has 0 bridgehead atoms. The lowest BCUT2D eigenvalue weighted by Crippen LogP contribution is -2.33. The smallest absolute Gasteiger partial charge is 0.469 e. The standard InChI is InChI=1S/C10H14N5O8P.C5H11NO2S/c11-10-13-7-4(8(18)14-10)12-2-15(7)9-6(17)5(16)3(23-9)1-22-24(19,20)21;1-9-3-2-4(6)5(7)8/h2-3,5-6,9,16-17H,1H2,(H2,19,20,21)(H3,11,13,14,18);4H,2-3,6H2,1H3,(H,7,8)/t3-,5-,6-,9-;/m1./s1. The predicted molar refractivity (Wildman–Crippen MR) is 115 cm³/mol. The monoisotopic (exact) mass is 512 g/mol. The van der Waals surface area contributed by atoms with Gasteiger partial charge >= 0.3 is 13.8 Å². The highest BCUT2D eigenvalue weighted by molar-refractivity contribution is 7.98. The van der Waals surface area contributed by atoms with Gasteiger partial charge in [-0.2, -0.15) is 16.7 Å². The fourth-order valence-corrected chi connectivity index (χ4v) is 3.60. The summed E-state index contributed by atoms with van der Waals surface area (Å²) in [5, 5.41) is 28.3. The molecule has 1 aliphatic rings. The number of nitrogens with zero attached hydrogens (tertiary/aromatic N) is 3. The topological polar surface area (TPSA) is 269 Å². The Kier molecular flexibility index (Phi) is 9.36. The number of carbonyl (C=O) groups is 1. The van der Waals surface area contributed by atoms with Crippen LogP contribution in [0.25, 0.3) is 11.2 Å². The quantitative estimate of drug-likeness (QED) is 0.171. The Hall–Kier alpha value is -2.08. The highest BCUT2D eigenvalue weighted by Crippen LogP contribution is 2.38. The molecule has 0 amide bonds. The molecule has 3 heterocycles. The number of anilines is 1. The second kappa shape index (κ2) is 11.4. The van der Waals surface area contributed by atoms with Gasteiger partial charge in [0, 0.05) is 0 Å². The number of aromatic nitrogens is 4. The zero-order valence-electron chi connectivity index (χ0n) is 17.2. The molecule has 2 aromatic heterocycles. The minimum atomic E-state index is -4.76. The van der Waals surface area contributed by atoms with Crippen LogP contribution in [-0.2, 0) is 18.6 Å². The van der Waals surface area contributed by atoms with Gasteiger partial charge in [0.05, 0.1) is 12.9 Å². The molecule has 16 nitrogen and oxygen atoms in total. The zero-order valence-corrected chi connectivity index (χ0v) is 18.9. The number of rotatable bonds is 8. The van der Waals surface area contributed by atoms with Crippen LogP contribution in [0.5, 0.6) is 0 Å². The molecule has 5 atom stereocenters. The number of hydrogen-bond acceptors (Lipinski definition) is 12. The highest BCUT2D eigenvalue weighted by atomic mass is 32.2. The number of ether oxygens (including phenoxy) is 1. The minimum Gasteiger partial charge on any atom is -0.480 e. The number of aliphatic hydroxyl groups is 2. The van der Waals surface area contributed by atoms with Gasteiger partial charge in [-0.3, -0.25) is 23.7 Å². The Labute approximate surface area is 190 Å². The van der Waals surface area contributed by atoms with Crippen LogP contribution in [0.3, 0.4) is 0 Å². The Bertz CT molecular complexity index is 1060. The number of aromatic amines is 1. The van der Waals surface area contributed by atoms with E-state index < -0.39 is 56.5 Å². The molecule has 3 rings (SSSR count). The van der Waals surface area contributed by atoms with E-state index in [1.807, 2.05) is 6.26 Å². The van der Waals surface area contributed by atoms with Crippen LogP contribution in [0, 0.1) is 0 Å². The first-order valence-electron chi connectivity index (χ1n) is 9.27. The molecule has 0 aliphatic carbocycles. The van der Waals surface area contributed by atoms with Crippen molar-refractivity contribution in [2.45, 2.75) is 37.0 Å². The lowest BCUT2D eigenvalue weighted by Gasteiger charge is -2.16. The second-order valence-corrected chi connectivity index (χ2v) is 9.06. The maximum Gasteiger partial charge on any atom is 0.469 e. The summed E-state index contributed by atoms with van der Waals surface area (Å²) < 4.78 is 21.6. The summed E-state index contributed by atoms with van der Waals surface area (Å²) in [6, 6.07) is -0.683. The Morgan fingerprint density at radius 2 is 2.09 bits per heavy atom. The van der Waals surface area contributed by atoms with E-state index in [0.717, 1.165) is 5.75 Å². The van der Waals surface area contributed by atoms with Crippen molar-refractivity contribution in [2.75, 3.05) is 24.3 Å². The van der Waals surface area contributed by atoms with E-state index in [9.17, 15) is 24.4 Å². The first kappa shape index (κ1) is 27.2. The van der Waals surface area contributed by atoms with Gasteiger partial charge in [0.1, 0.15) is 24.4 Å². The molecular formula is C15H25N6O10PS. The lowest BCUT2D eigenvalue weighted by molar-refractivity contribution is -0.138. The maximum atomic E-state index is 11.7. The van der Waals surface area contributed by atoms with Gasteiger partial charge in [0.2, 0.25) is 5.95 Å². The first-order chi connectivity index (χ1) is 15.4. The number of thioether (sulfide) groups is 1. The van der Waals surface area contributed by atoms with E-state index in [0.29, 0.717) is 6.42 Å². The van der Waals surface area contributed by atoms with Crippen LogP contribution in [0.15, 0.2) is 11.1 Å². The van der Waals surface area contributed by atoms with Crippen molar-refractivity contribution in [1.82, 2.24) is 19.5 Å². The molecule has 33 heavy (non-hydrogen) atoms. The lowest BCUT2D eigenvalue weighted by atomic mass is 10.1. The molecule has 0 radical (unpaired) electrons. The number of imidazole rings is 1. The number of fused-ring (bicyclic) bond motifs is 1. The molecule has 1 aliphatic heterocycles. The van der Waals surface area contributed by atoms with Crippen LogP contribution < -0.4 is 17.0 Å². The van der Waals surface area contributed by atoms with Crippen LogP contribution in [0.1, 0.15) is 12.6 Å². The van der Waals surface area contributed by atoms with Crippen LogP contribution >= 0.6 is 19.6 Å². The molecule has 1 saturated heterocycles. The van der Waals surface area contributed by atoms with E-state index >= 15 is 0 Å². The van der Waals surface area contributed by atoms with Crippen molar-refractivity contribution in [2.24, 2.45) is 5.73 Å². The number of nitrogens with two attached hydrogens (primary N) is 2. The molecule has 1 unspecified atom stereocenters. The summed E-state index contributed by atoms with van der Waals surface area (Å²) in [4.78, 5) is 49.2. The average molecular weight is 512 g/mol. The third-order valence-corrected chi connectivity index (χ3v) is 5.55. The highest BCUT2D eigenvalue weighted by Gasteiger charge is 2.45. The number of nitrogen functional groups attached to an aromatic ring is 1. The van der Waals surface area contributed by atoms with E-state index in [2.05, 4.69) is 19.5 Å². The largest absolute Gasteiger partial charge is 0.480 e. The molecule has 0 spiro atoms. The van der Waals surface area contributed by atoms with Crippen molar-refractivity contribution in [3.8, 4) is 0 Å². The van der Waals surface area contributed by atoms with Crippen LogP contribution in [0.2, 0.25) is 0 Å². The summed E-state index contributed by atoms with van der Waals surface area (Å²) in [5.74, 6) is -0.277. The Morgan fingerprint density at radius 1 is 1.42 bits per heavy atom. The van der Waals surface area contributed by atoms with Gasteiger partial charge < -0.3 is 41.3 Å². The molecule has 1 fully saturated rings. The summed E-state index contributed by atoms with van der Waals surface area (Å²) in [6.07, 6.45) is -1.74. The van der Waals surface area contributed by atoms with Crippen molar-refractivity contribution >= 4 is 42.7 Å². The number of H-pyrrole nitrogens is 1. The third kappa shape index (κ3) is 7.20. The maximum absolute atomic E-state index is 11.7. The summed E-state index contributed by atoms with van der Waals surface area (Å²) >= 11 is 1.60. The number of carboxylic acids is 1.